The maximum atomic E-state index is 12.2. The maximum Gasteiger partial charge on any atom is 0.414 e. The molecule has 0 aromatic heterocycles. The van der Waals surface area contributed by atoms with E-state index in [0.717, 1.165) is 0 Å². The number of amides is 1. The lowest BCUT2D eigenvalue weighted by Gasteiger charge is -2.06. The smallest absolute Gasteiger partial charge is 0.410 e. The number of ether oxygens (including phenoxy) is 1. The van der Waals surface area contributed by atoms with Crippen LogP contribution in [0.2, 0.25) is 0 Å². The van der Waals surface area contributed by atoms with Crippen LogP contribution in [-0.2, 0) is 0 Å². The Bertz CT molecular complexity index is 274. The summed E-state index contributed by atoms with van der Waals surface area (Å²) in [4.78, 5) is 10.8. The van der Waals surface area contributed by atoms with Crippen LogP contribution in [0.15, 0.2) is 30.3 Å². The lowest BCUT2D eigenvalue weighted by molar-refractivity contribution is 0.183. The summed E-state index contributed by atoms with van der Waals surface area (Å²) in [5, 5.41) is 1.96. The van der Waals surface area contributed by atoms with Crippen molar-refractivity contribution in [2.24, 2.45) is 0 Å². The highest BCUT2D eigenvalue weighted by atomic mass is 19.1. The number of carbonyl (C=O) groups is 1. The molecule has 0 bridgehead atoms. The Balaban J connectivity index is 2.46. The Morgan fingerprint density at radius 2 is 2.08 bits per heavy atom. The van der Waals surface area contributed by atoms with Gasteiger partial charge in [-0.3, -0.25) is 5.32 Å². The first-order chi connectivity index (χ1) is 6.18. The zero-order valence-corrected chi connectivity index (χ0v) is 7.16. The fraction of sp³-hybridized carbons (Fsp3) is 0.222. The Morgan fingerprint density at radius 1 is 1.46 bits per heavy atom. The summed E-state index contributed by atoms with van der Waals surface area (Å²) in [7, 11) is 0. The molecule has 13 heavy (non-hydrogen) atoms. The maximum absolute atomic E-state index is 12.2. The monoisotopic (exact) mass is 183 g/mol. The molecular weight excluding hydrogens is 173 g/mol. The predicted octanol–water partition coefficient (Wildman–Crippen LogP) is 2.09. The summed E-state index contributed by atoms with van der Waals surface area (Å²) in [6, 6.07) is 8.47. The number of carbonyl (C=O) groups excluding carboxylic acids is 1. The summed E-state index contributed by atoms with van der Waals surface area (Å²) >= 11 is 0. The van der Waals surface area contributed by atoms with E-state index in [1.54, 1.807) is 30.3 Å². The zero-order valence-electron chi connectivity index (χ0n) is 7.16. The molecular formula is C9H10FNO2. The van der Waals surface area contributed by atoms with Gasteiger partial charge < -0.3 is 4.74 Å². The number of rotatable bonds is 2. The molecule has 0 saturated heterocycles. The summed E-state index contributed by atoms with van der Waals surface area (Å²) in [6.07, 6.45) is -2.20. The molecule has 1 amide bonds. The molecule has 0 saturated carbocycles. The quantitative estimate of drug-likeness (QED) is 0.713. The Hall–Kier alpha value is -1.58. The van der Waals surface area contributed by atoms with Crippen molar-refractivity contribution < 1.29 is 13.9 Å². The second-order valence-electron chi connectivity index (χ2n) is 2.46. The van der Waals surface area contributed by atoms with Crippen molar-refractivity contribution in [3.8, 4) is 5.75 Å². The van der Waals surface area contributed by atoms with Gasteiger partial charge in [-0.05, 0) is 19.1 Å². The van der Waals surface area contributed by atoms with Crippen molar-refractivity contribution in [3.63, 3.8) is 0 Å². The Morgan fingerprint density at radius 3 is 2.62 bits per heavy atom. The Labute approximate surface area is 75.5 Å². The summed E-state index contributed by atoms with van der Waals surface area (Å²) in [5.41, 5.74) is 0. The molecule has 0 spiro atoms. The highest BCUT2D eigenvalue weighted by molar-refractivity contribution is 5.70. The zero-order chi connectivity index (χ0) is 9.68. The van der Waals surface area contributed by atoms with Gasteiger partial charge >= 0.3 is 6.09 Å². The van der Waals surface area contributed by atoms with Gasteiger partial charge in [0.25, 0.3) is 0 Å². The van der Waals surface area contributed by atoms with Crippen LogP contribution in [0.5, 0.6) is 5.75 Å². The number of para-hydroxylation sites is 1. The molecule has 1 unspecified atom stereocenters. The van der Waals surface area contributed by atoms with Crippen molar-refractivity contribution >= 4 is 6.09 Å². The van der Waals surface area contributed by atoms with E-state index < -0.39 is 12.4 Å². The van der Waals surface area contributed by atoms with E-state index >= 15 is 0 Å². The van der Waals surface area contributed by atoms with Crippen LogP contribution >= 0.6 is 0 Å². The van der Waals surface area contributed by atoms with E-state index in [0.29, 0.717) is 5.75 Å². The first kappa shape index (κ1) is 9.51. The van der Waals surface area contributed by atoms with Crippen molar-refractivity contribution in [1.29, 1.82) is 0 Å². The number of benzene rings is 1. The third-order valence-corrected chi connectivity index (χ3v) is 1.27. The van der Waals surface area contributed by atoms with Crippen molar-refractivity contribution in [3.05, 3.63) is 30.3 Å². The SMILES string of the molecule is CC(F)NC(=O)Oc1ccccc1. The molecule has 0 aliphatic heterocycles. The minimum atomic E-state index is -1.41. The number of hydrogen-bond acceptors (Lipinski definition) is 2. The van der Waals surface area contributed by atoms with E-state index in [-0.39, 0.29) is 0 Å². The van der Waals surface area contributed by atoms with Crippen molar-refractivity contribution in [2.45, 2.75) is 13.2 Å². The Kier molecular flexibility index (Phi) is 3.25. The van der Waals surface area contributed by atoms with Crippen LogP contribution in [0.3, 0.4) is 0 Å². The third kappa shape index (κ3) is 3.55. The van der Waals surface area contributed by atoms with Gasteiger partial charge in [-0.2, -0.15) is 0 Å². The lowest BCUT2D eigenvalue weighted by atomic mass is 10.3. The third-order valence-electron chi connectivity index (χ3n) is 1.27. The first-order valence-electron chi connectivity index (χ1n) is 3.86. The average Bonchev–Trinajstić information content (AvgIpc) is 2.04. The van der Waals surface area contributed by atoms with Gasteiger partial charge in [0, 0.05) is 0 Å². The van der Waals surface area contributed by atoms with Crippen molar-refractivity contribution in [2.75, 3.05) is 0 Å². The number of nitrogens with one attached hydrogen (secondary N) is 1. The number of alkyl halides is 1. The second-order valence-corrected chi connectivity index (χ2v) is 2.46. The lowest BCUT2D eigenvalue weighted by Crippen LogP contribution is -2.31. The van der Waals surface area contributed by atoms with Gasteiger partial charge in [0.05, 0.1) is 0 Å². The fourth-order valence-corrected chi connectivity index (χ4v) is 0.787. The van der Waals surface area contributed by atoms with Gasteiger partial charge in [-0.25, -0.2) is 9.18 Å². The standard InChI is InChI=1S/C9H10FNO2/c1-7(10)11-9(12)13-8-5-3-2-4-6-8/h2-7H,1H3,(H,11,12). The van der Waals surface area contributed by atoms with Crippen LogP contribution < -0.4 is 10.1 Å². The molecule has 0 fully saturated rings. The van der Waals surface area contributed by atoms with E-state index in [2.05, 4.69) is 0 Å². The van der Waals surface area contributed by atoms with Gasteiger partial charge in [0.2, 0.25) is 0 Å². The van der Waals surface area contributed by atoms with Gasteiger partial charge in [0.1, 0.15) is 5.75 Å². The molecule has 3 nitrogen and oxygen atoms in total. The second kappa shape index (κ2) is 4.45. The molecule has 1 aromatic carbocycles. The minimum Gasteiger partial charge on any atom is -0.410 e. The summed E-state index contributed by atoms with van der Waals surface area (Å²) in [6.45, 7) is 1.21. The molecule has 4 heteroatoms. The minimum absolute atomic E-state index is 0.389. The normalized spacial score (nSPS) is 11.8. The molecule has 1 N–H and O–H groups in total. The van der Waals surface area contributed by atoms with Gasteiger partial charge in [0.15, 0.2) is 6.30 Å². The summed E-state index contributed by atoms with van der Waals surface area (Å²) in [5.74, 6) is 0.389. The fourth-order valence-electron chi connectivity index (χ4n) is 0.787. The van der Waals surface area contributed by atoms with Crippen LogP contribution in [0.25, 0.3) is 0 Å². The first-order valence-corrected chi connectivity index (χ1v) is 3.86. The van der Waals surface area contributed by atoms with E-state index in [1.165, 1.54) is 6.92 Å². The molecule has 0 aliphatic carbocycles. The predicted molar refractivity (Wildman–Crippen MR) is 46.2 cm³/mol. The summed E-state index contributed by atoms with van der Waals surface area (Å²) < 4.78 is 17.0. The highest BCUT2D eigenvalue weighted by Crippen LogP contribution is 2.08. The van der Waals surface area contributed by atoms with E-state index in [9.17, 15) is 9.18 Å². The molecule has 0 heterocycles. The number of halogens is 1. The average molecular weight is 183 g/mol. The van der Waals surface area contributed by atoms with Gasteiger partial charge in [-0.15, -0.1) is 0 Å². The molecule has 70 valence electrons. The number of hydrogen-bond donors (Lipinski definition) is 1. The molecule has 1 aromatic rings. The molecule has 1 rings (SSSR count). The van der Waals surface area contributed by atoms with E-state index in [1.807, 2.05) is 5.32 Å². The van der Waals surface area contributed by atoms with Gasteiger partial charge in [-0.1, -0.05) is 18.2 Å². The van der Waals surface area contributed by atoms with Crippen molar-refractivity contribution in [1.82, 2.24) is 5.32 Å². The van der Waals surface area contributed by atoms with E-state index in [4.69, 9.17) is 4.74 Å². The topological polar surface area (TPSA) is 38.3 Å². The highest BCUT2D eigenvalue weighted by Gasteiger charge is 2.06. The molecule has 0 aliphatic rings. The van der Waals surface area contributed by atoms with Crippen LogP contribution in [-0.4, -0.2) is 12.4 Å². The molecule has 0 radical (unpaired) electrons. The van der Waals surface area contributed by atoms with Crippen LogP contribution in [0, 0.1) is 0 Å². The van der Waals surface area contributed by atoms with Crippen LogP contribution in [0.4, 0.5) is 9.18 Å². The largest absolute Gasteiger partial charge is 0.414 e. The van der Waals surface area contributed by atoms with Crippen LogP contribution in [0.1, 0.15) is 6.92 Å². The molecule has 1 atom stereocenters.